The Bertz CT molecular complexity index is 157. The molecule has 0 amide bonds. The average molecular weight is 199 g/mol. The monoisotopic (exact) mass is 199 g/mol. The maximum Gasteiger partial charge on any atom is 0.0232 e. The lowest BCUT2D eigenvalue weighted by molar-refractivity contribution is 0.206. The summed E-state index contributed by atoms with van der Waals surface area (Å²) in [6, 6.07) is 0.751. The van der Waals surface area contributed by atoms with Crippen LogP contribution in [0.3, 0.4) is 0 Å². The highest BCUT2D eigenvalue weighted by Crippen LogP contribution is 2.14. The summed E-state index contributed by atoms with van der Waals surface area (Å²) in [5.74, 6) is 0.672. The molecule has 1 aliphatic heterocycles. The molecule has 0 aromatic heterocycles. The number of likely N-dealkylation sites (tertiary alicyclic amines) is 1. The molecule has 0 aromatic rings. The second kappa shape index (κ2) is 5.69. The molecule has 1 fully saturated rings. The minimum Gasteiger partial charge on any atom is -0.330 e. The van der Waals surface area contributed by atoms with E-state index in [4.69, 9.17) is 5.73 Å². The maximum absolute atomic E-state index is 5.72. The third-order valence-corrected chi connectivity index (χ3v) is 3.45. The zero-order valence-corrected chi connectivity index (χ0v) is 9.87. The molecule has 1 saturated heterocycles. The van der Waals surface area contributed by atoms with Crippen molar-refractivity contribution in [3.63, 3.8) is 0 Å². The number of hydrogen-bond donors (Lipinski definition) is 1. The number of nitrogens with two attached hydrogens (primary N) is 1. The molecule has 0 aliphatic carbocycles. The number of rotatable bonds is 5. The lowest BCUT2D eigenvalue weighted by Crippen LogP contribution is -2.38. The van der Waals surface area contributed by atoms with E-state index in [2.05, 4.69) is 30.8 Å². The van der Waals surface area contributed by atoms with Crippen LogP contribution in [0.1, 0.15) is 19.8 Å². The van der Waals surface area contributed by atoms with E-state index in [9.17, 15) is 0 Å². The first-order valence-electron chi connectivity index (χ1n) is 5.76. The Hall–Kier alpha value is -0.120. The molecule has 3 heteroatoms. The molecule has 2 atom stereocenters. The minimum atomic E-state index is 0.672. The van der Waals surface area contributed by atoms with E-state index in [0.717, 1.165) is 19.1 Å². The Balaban J connectivity index is 2.30. The van der Waals surface area contributed by atoms with Crippen LogP contribution in [0.2, 0.25) is 0 Å². The third kappa shape index (κ3) is 3.23. The topological polar surface area (TPSA) is 32.5 Å². The van der Waals surface area contributed by atoms with Gasteiger partial charge in [-0.3, -0.25) is 0 Å². The molecular weight excluding hydrogens is 174 g/mol. The van der Waals surface area contributed by atoms with Crippen molar-refractivity contribution < 1.29 is 0 Å². The van der Waals surface area contributed by atoms with Crippen LogP contribution in [0.5, 0.6) is 0 Å². The predicted molar refractivity (Wildman–Crippen MR) is 61.4 cm³/mol. The van der Waals surface area contributed by atoms with Crippen molar-refractivity contribution in [3.8, 4) is 0 Å². The third-order valence-electron chi connectivity index (χ3n) is 3.45. The van der Waals surface area contributed by atoms with Gasteiger partial charge in [-0.05, 0) is 39.5 Å². The van der Waals surface area contributed by atoms with Crippen LogP contribution < -0.4 is 5.73 Å². The van der Waals surface area contributed by atoms with Crippen LogP contribution in [0.25, 0.3) is 0 Å². The van der Waals surface area contributed by atoms with Crippen LogP contribution in [0.4, 0.5) is 0 Å². The highest BCUT2D eigenvalue weighted by atomic mass is 15.2. The summed E-state index contributed by atoms with van der Waals surface area (Å²) < 4.78 is 0. The zero-order chi connectivity index (χ0) is 10.6. The van der Waals surface area contributed by atoms with E-state index < -0.39 is 0 Å². The molecule has 0 bridgehead atoms. The van der Waals surface area contributed by atoms with Crippen molar-refractivity contribution in [2.45, 2.75) is 25.8 Å². The standard InChI is InChI=1S/C11H25N3/c1-4-10(7-12)8-14(3)11-5-6-13(2)9-11/h10-11H,4-9,12H2,1-3H3. The van der Waals surface area contributed by atoms with Gasteiger partial charge in [0.25, 0.3) is 0 Å². The van der Waals surface area contributed by atoms with Gasteiger partial charge < -0.3 is 15.5 Å². The molecule has 0 aromatic carbocycles. The number of nitrogens with zero attached hydrogens (tertiary/aromatic N) is 2. The van der Waals surface area contributed by atoms with E-state index in [1.165, 1.54) is 25.9 Å². The van der Waals surface area contributed by atoms with Crippen LogP contribution in [0.15, 0.2) is 0 Å². The minimum absolute atomic E-state index is 0.672. The lowest BCUT2D eigenvalue weighted by Gasteiger charge is -2.27. The van der Waals surface area contributed by atoms with Gasteiger partial charge in [-0.25, -0.2) is 0 Å². The molecule has 1 aliphatic rings. The SMILES string of the molecule is CCC(CN)CN(C)C1CCN(C)C1. The summed E-state index contributed by atoms with van der Waals surface area (Å²) in [6.45, 7) is 6.67. The van der Waals surface area contributed by atoms with Crippen LogP contribution in [-0.4, -0.2) is 56.1 Å². The van der Waals surface area contributed by atoms with Crippen molar-refractivity contribution in [2.24, 2.45) is 11.7 Å². The molecule has 0 radical (unpaired) electrons. The van der Waals surface area contributed by atoms with Gasteiger partial charge in [0.2, 0.25) is 0 Å². The molecule has 14 heavy (non-hydrogen) atoms. The first-order valence-corrected chi connectivity index (χ1v) is 5.76. The summed E-state index contributed by atoms with van der Waals surface area (Å²) in [7, 11) is 4.44. The molecule has 1 heterocycles. The van der Waals surface area contributed by atoms with Gasteiger partial charge in [-0.1, -0.05) is 13.3 Å². The molecule has 2 N–H and O–H groups in total. The molecule has 84 valence electrons. The van der Waals surface area contributed by atoms with Gasteiger partial charge >= 0.3 is 0 Å². The Morgan fingerprint density at radius 3 is 2.71 bits per heavy atom. The highest BCUT2D eigenvalue weighted by Gasteiger charge is 2.24. The van der Waals surface area contributed by atoms with E-state index in [-0.39, 0.29) is 0 Å². The van der Waals surface area contributed by atoms with Gasteiger partial charge in [0.1, 0.15) is 0 Å². The van der Waals surface area contributed by atoms with E-state index in [0.29, 0.717) is 5.92 Å². The predicted octanol–water partition coefficient (Wildman–Crippen LogP) is 0.607. The van der Waals surface area contributed by atoms with Crippen molar-refractivity contribution in [1.29, 1.82) is 0 Å². The van der Waals surface area contributed by atoms with Crippen molar-refractivity contribution in [1.82, 2.24) is 9.80 Å². The van der Waals surface area contributed by atoms with Gasteiger partial charge in [-0.2, -0.15) is 0 Å². The smallest absolute Gasteiger partial charge is 0.0232 e. The first kappa shape index (κ1) is 12.0. The molecule has 1 rings (SSSR count). The van der Waals surface area contributed by atoms with Gasteiger partial charge in [0.05, 0.1) is 0 Å². The summed E-state index contributed by atoms with van der Waals surface area (Å²) in [6.07, 6.45) is 2.51. The summed E-state index contributed by atoms with van der Waals surface area (Å²) in [5.41, 5.74) is 5.72. The van der Waals surface area contributed by atoms with Crippen LogP contribution in [0, 0.1) is 5.92 Å². The van der Waals surface area contributed by atoms with Crippen molar-refractivity contribution >= 4 is 0 Å². The van der Waals surface area contributed by atoms with Crippen molar-refractivity contribution in [3.05, 3.63) is 0 Å². The molecule has 0 saturated carbocycles. The van der Waals surface area contributed by atoms with Gasteiger partial charge in [0, 0.05) is 19.1 Å². The summed E-state index contributed by atoms with van der Waals surface area (Å²) in [5, 5.41) is 0. The van der Waals surface area contributed by atoms with Crippen LogP contribution >= 0.6 is 0 Å². The van der Waals surface area contributed by atoms with E-state index in [1.54, 1.807) is 0 Å². The zero-order valence-electron chi connectivity index (χ0n) is 9.87. The maximum atomic E-state index is 5.72. The molecular formula is C11H25N3. The normalized spacial score (nSPS) is 25.9. The lowest BCUT2D eigenvalue weighted by atomic mass is 10.1. The fourth-order valence-corrected chi connectivity index (χ4v) is 2.20. The Morgan fingerprint density at radius 2 is 2.29 bits per heavy atom. The van der Waals surface area contributed by atoms with Crippen molar-refractivity contribution in [2.75, 3.05) is 40.3 Å². The first-order chi connectivity index (χ1) is 6.67. The number of hydrogen-bond acceptors (Lipinski definition) is 3. The second-order valence-corrected chi connectivity index (χ2v) is 4.65. The quantitative estimate of drug-likeness (QED) is 0.704. The fourth-order valence-electron chi connectivity index (χ4n) is 2.20. The summed E-state index contributed by atoms with van der Waals surface area (Å²) >= 11 is 0. The Labute approximate surface area is 88.2 Å². The molecule has 2 unspecified atom stereocenters. The second-order valence-electron chi connectivity index (χ2n) is 4.65. The largest absolute Gasteiger partial charge is 0.330 e. The Kier molecular flexibility index (Phi) is 4.85. The fraction of sp³-hybridized carbons (Fsp3) is 1.00. The highest BCUT2D eigenvalue weighted by molar-refractivity contribution is 4.81. The molecule has 3 nitrogen and oxygen atoms in total. The molecule has 0 spiro atoms. The average Bonchev–Trinajstić information content (AvgIpc) is 2.61. The Morgan fingerprint density at radius 1 is 1.57 bits per heavy atom. The van der Waals surface area contributed by atoms with E-state index >= 15 is 0 Å². The van der Waals surface area contributed by atoms with Crippen LogP contribution in [-0.2, 0) is 0 Å². The number of likely N-dealkylation sites (N-methyl/N-ethyl adjacent to an activating group) is 2. The van der Waals surface area contributed by atoms with E-state index in [1.807, 2.05) is 0 Å². The van der Waals surface area contributed by atoms with Gasteiger partial charge in [-0.15, -0.1) is 0 Å². The summed E-state index contributed by atoms with van der Waals surface area (Å²) in [4.78, 5) is 4.90. The van der Waals surface area contributed by atoms with Gasteiger partial charge in [0.15, 0.2) is 0 Å².